The summed E-state index contributed by atoms with van der Waals surface area (Å²) >= 11 is 0. The van der Waals surface area contributed by atoms with Crippen LogP contribution in [0.15, 0.2) is 40.8 Å². The van der Waals surface area contributed by atoms with Crippen molar-refractivity contribution in [1.29, 1.82) is 0 Å². The maximum Gasteiger partial charge on any atom is 0.325 e. The predicted octanol–water partition coefficient (Wildman–Crippen LogP) is 2.09. The highest BCUT2D eigenvalue weighted by molar-refractivity contribution is 5.94. The summed E-state index contributed by atoms with van der Waals surface area (Å²) < 4.78 is 15.2. The first kappa shape index (κ1) is 16.8. The number of fused-ring (bicyclic) bond motifs is 1. The number of benzene rings is 1. The Kier molecular flexibility index (Phi) is 5.94. The van der Waals surface area contributed by atoms with E-state index in [2.05, 4.69) is 4.74 Å². The van der Waals surface area contributed by atoms with Gasteiger partial charge in [-0.1, -0.05) is 18.2 Å². The molecule has 1 aromatic heterocycles. The molecular weight excluding hydrogens is 298 g/mol. The van der Waals surface area contributed by atoms with Crippen LogP contribution in [0.4, 0.5) is 0 Å². The molecule has 0 aliphatic heterocycles. The number of carbonyl (C=O) groups excluding carboxylic acids is 2. The Hall–Kier alpha value is -2.60. The van der Waals surface area contributed by atoms with E-state index in [1.54, 1.807) is 6.08 Å². The van der Waals surface area contributed by atoms with Gasteiger partial charge in [0.05, 0.1) is 13.7 Å². The van der Waals surface area contributed by atoms with Gasteiger partial charge >= 0.3 is 5.97 Å². The van der Waals surface area contributed by atoms with Crippen LogP contribution in [0.25, 0.3) is 17.0 Å². The van der Waals surface area contributed by atoms with Crippen LogP contribution in [0.3, 0.4) is 0 Å². The highest BCUT2D eigenvalue weighted by atomic mass is 16.5. The Morgan fingerprint density at radius 2 is 2.04 bits per heavy atom. The number of para-hydroxylation sites is 1. The van der Waals surface area contributed by atoms with Crippen LogP contribution in [-0.4, -0.2) is 50.7 Å². The SMILES string of the molecule is COCCN(CC(=O)OC)C(=O)C=Cc1cc2ccccc2o1. The molecule has 6 nitrogen and oxygen atoms in total. The molecule has 0 fully saturated rings. The summed E-state index contributed by atoms with van der Waals surface area (Å²) in [5, 5.41) is 0.963. The first-order valence-electron chi connectivity index (χ1n) is 7.15. The Balaban J connectivity index is 2.07. The second kappa shape index (κ2) is 8.14. The fourth-order valence-corrected chi connectivity index (χ4v) is 2.03. The van der Waals surface area contributed by atoms with Crippen molar-refractivity contribution >= 4 is 28.9 Å². The number of methoxy groups -OCH3 is 2. The Labute approximate surface area is 134 Å². The third-order valence-corrected chi connectivity index (χ3v) is 3.26. The Bertz CT molecular complexity index is 671. The highest BCUT2D eigenvalue weighted by Gasteiger charge is 2.15. The van der Waals surface area contributed by atoms with Gasteiger partial charge in [-0.25, -0.2) is 0 Å². The van der Waals surface area contributed by atoms with Crippen LogP contribution in [0, 0.1) is 0 Å². The van der Waals surface area contributed by atoms with Crippen LogP contribution in [-0.2, 0) is 19.1 Å². The number of hydrogen-bond acceptors (Lipinski definition) is 5. The molecule has 122 valence electrons. The predicted molar refractivity (Wildman–Crippen MR) is 85.7 cm³/mol. The van der Waals surface area contributed by atoms with Crippen molar-refractivity contribution in [3.8, 4) is 0 Å². The zero-order valence-corrected chi connectivity index (χ0v) is 13.2. The third kappa shape index (κ3) is 4.69. The standard InChI is InChI=1S/C17H19NO5/c1-21-10-9-18(12-17(20)22-2)16(19)8-7-14-11-13-5-3-4-6-15(13)23-14/h3-8,11H,9-10,12H2,1-2H3. The number of rotatable bonds is 7. The topological polar surface area (TPSA) is 69.0 Å². The lowest BCUT2D eigenvalue weighted by atomic mass is 10.2. The first-order valence-corrected chi connectivity index (χ1v) is 7.15. The molecule has 0 unspecified atom stereocenters. The van der Waals surface area contributed by atoms with Gasteiger partial charge in [0.15, 0.2) is 0 Å². The van der Waals surface area contributed by atoms with Gasteiger partial charge in [0.2, 0.25) is 5.91 Å². The van der Waals surface area contributed by atoms with E-state index in [-0.39, 0.29) is 12.5 Å². The van der Waals surface area contributed by atoms with Crippen molar-refractivity contribution in [2.75, 3.05) is 33.9 Å². The van der Waals surface area contributed by atoms with Crippen LogP contribution >= 0.6 is 0 Å². The van der Waals surface area contributed by atoms with Crippen molar-refractivity contribution in [3.63, 3.8) is 0 Å². The summed E-state index contributed by atoms with van der Waals surface area (Å²) in [7, 11) is 2.82. The summed E-state index contributed by atoms with van der Waals surface area (Å²) in [6.45, 7) is 0.513. The zero-order chi connectivity index (χ0) is 16.7. The van der Waals surface area contributed by atoms with E-state index in [1.807, 2.05) is 30.3 Å². The van der Waals surface area contributed by atoms with Crippen molar-refractivity contribution < 1.29 is 23.5 Å². The van der Waals surface area contributed by atoms with E-state index in [0.29, 0.717) is 18.9 Å². The van der Waals surface area contributed by atoms with Gasteiger partial charge in [-0.05, 0) is 18.2 Å². The van der Waals surface area contributed by atoms with Crippen molar-refractivity contribution in [3.05, 3.63) is 42.2 Å². The number of ether oxygens (including phenoxy) is 2. The average Bonchev–Trinajstić information content (AvgIpc) is 2.99. The largest absolute Gasteiger partial charge is 0.468 e. The molecule has 23 heavy (non-hydrogen) atoms. The summed E-state index contributed by atoms with van der Waals surface area (Å²) in [4.78, 5) is 25.0. The van der Waals surface area contributed by atoms with Crippen molar-refractivity contribution in [1.82, 2.24) is 4.90 Å². The van der Waals surface area contributed by atoms with Gasteiger partial charge in [0.1, 0.15) is 17.9 Å². The summed E-state index contributed by atoms with van der Waals surface area (Å²) in [5.41, 5.74) is 0.755. The molecule has 0 spiro atoms. The maximum atomic E-state index is 12.2. The number of amides is 1. The average molecular weight is 317 g/mol. The lowest BCUT2D eigenvalue weighted by molar-refractivity contribution is -0.145. The molecule has 0 radical (unpaired) electrons. The molecule has 0 atom stereocenters. The first-order chi connectivity index (χ1) is 11.1. The van der Waals surface area contributed by atoms with Crippen LogP contribution in [0.2, 0.25) is 0 Å². The minimum atomic E-state index is -0.480. The lowest BCUT2D eigenvalue weighted by Crippen LogP contribution is -2.37. The van der Waals surface area contributed by atoms with E-state index in [9.17, 15) is 9.59 Å². The van der Waals surface area contributed by atoms with Gasteiger partial charge in [-0.15, -0.1) is 0 Å². The van der Waals surface area contributed by atoms with E-state index in [4.69, 9.17) is 9.15 Å². The van der Waals surface area contributed by atoms with Crippen molar-refractivity contribution in [2.24, 2.45) is 0 Å². The fraction of sp³-hybridized carbons (Fsp3) is 0.294. The molecule has 6 heteroatoms. The van der Waals surface area contributed by atoms with Crippen LogP contribution in [0.1, 0.15) is 5.76 Å². The molecule has 1 aromatic carbocycles. The van der Waals surface area contributed by atoms with Crippen molar-refractivity contribution in [2.45, 2.75) is 0 Å². The number of esters is 1. The van der Waals surface area contributed by atoms with E-state index < -0.39 is 5.97 Å². The molecule has 0 saturated heterocycles. The quantitative estimate of drug-likeness (QED) is 0.578. The van der Waals surface area contributed by atoms with E-state index in [1.165, 1.54) is 25.2 Å². The molecule has 0 aliphatic rings. The normalized spacial score (nSPS) is 11.0. The van der Waals surface area contributed by atoms with Crippen LogP contribution in [0.5, 0.6) is 0 Å². The summed E-state index contributed by atoms with van der Waals surface area (Å²) in [6.07, 6.45) is 2.95. The maximum absolute atomic E-state index is 12.2. The minimum Gasteiger partial charge on any atom is -0.468 e. The Morgan fingerprint density at radius 3 is 2.74 bits per heavy atom. The minimum absolute atomic E-state index is 0.122. The van der Waals surface area contributed by atoms with E-state index >= 15 is 0 Å². The number of nitrogens with zero attached hydrogens (tertiary/aromatic N) is 1. The molecule has 1 heterocycles. The Morgan fingerprint density at radius 1 is 1.26 bits per heavy atom. The molecule has 2 aromatic rings. The van der Waals surface area contributed by atoms with Crippen LogP contribution < -0.4 is 0 Å². The number of furan rings is 1. The number of hydrogen-bond donors (Lipinski definition) is 0. The molecule has 1 amide bonds. The van der Waals surface area contributed by atoms with Gasteiger partial charge in [-0.2, -0.15) is 0 Å². The highest BCUT2D eigenvalue weighted by Crippen LogP contribution is 2.19. The van der Waals surface area contributed by atoms with Gasteiger partial charge < -0.3 is 18.8 Å². The summed E-state index contributed by atoms with van der Waals surface area (Å²) in [6, 6.07) is 9.43. The van der Waals surface area contributed by atoms with E-state index in [0.717, 1.165) is 11.0 Å². The molecule has 0 N–H and O–H groups in total. The molecular formula is C17H19NO5. The molecule has 2 rings (SSSR count). The molecule has 0 aliphatic carbocycles. The van der Waals surface area contributed by atoms with Gasteiger partial charge in [0.25, 0.3) is 0 Å². The van der Waals surface area contributed by atoms with Gasteiger partial charge in [-0.3, -0.25) is 9.59 Å². The lowest BCUT2D eigenvalue weighted by Gasteiger charge is -2.19. The number of carbonyl (C=O) groups is 2. The second-order valence-corrected chi connectivity index (χ2v) is 4.85. The van der Waals surface area contributed by atoms with Gasteiger partial charge in [0, 0.05) is 25.1 Å². The molecule has 0 bridgehead atoms. The second-order valence-electron chi connectivity index (χ2n) is 4.85. The fourth-order valence-electron chi connectivity index (χ4n) is 2.03. The smallest absolute Gasteiger partial charge is 0.325 e. The zero-order valence-electron chi connectivity index (χ0n) is 13.2. The monoisotopic (exact) mass is 317 g/mol. The summed E-state index contributed by atoms with van der Waals surface area (Å²) in [5.74, 6) is -0.219. The molecule has 0 saturated carbocycles. The third-order valence-electron chi connectivity index (χ3n) is 3.26.